The fourth-order valence-electron chi connectivity index (χ4n) is 3.27. The molecule has 106 valence electrons. The molecule has 0 atom stereocenters. The SMILES string of the molecule is NC(=S)CCCCN1C(=O)CC2(CCCCC2)C1=O. The van der Waals surface area contributed by atoms with Crippen molar-refractivity contribution in [3.63, 3.8) is 0 Å². The second-order valence-corrected chi connectivity index (χ2v) is 6.32. The van der Waals surface area contributed by atoms with Crippen LogP contribution >= 0.6 is 12.2 Å². The lowest BCUT2D eigenvalue weighted by Crippen LogP contribution is -2.37. The van der Waals surface area contributed by atoms with Gasteiger partial charge < -0.3 is 5.73 Å². The topological polar surface area (TPSA) is 63.4 Å². The molecule has 0 radical (unpaired) electrons. The van der Waals surface area contributed by atoms with Crippen molar-refractivity contribution in [3.8, 4) is 0 Å². The maximum atomic E-state index is 12.5. The molecule has 5 heteroatoms. The highest BCUT2D eigenvalue weighted by Crippen LogP contribution is 2.45. The van der Waals surface area contributed by atoms with Crippen molar-refractivity contribution >= 4 is 29.0 Å². The maximum Gasteiger partial charge on any atom is 0.235 e. The summed E-state index contributed by atoms with van der Waals surface area (Å²) in [5.74, 6) is 0.0924. The molecule has 19 heavy (non-hydrogen) atoms. The molecule has 0 aromatic carbocycles. The molecule has 2 fully saturated rings. The molecule has 1 heterocycles. The van der Waals surface area contributed by atoms with E-state index in [4.69, 9.17) is 18.0 Å². The van der Waals surface area contributed by atoms with E-state index < -0.39 is 0 Å². The molecule has 2 amide bonds. The van der Waals surface area contributed by atoms with E-state index >= 15 is 0 Å². The van der Waals surface area contributed by atoms with Crippen LogP contribution in [0.4, 0.5) is 0 Å². The van der Waals surface area contributed by atoms with Gasteiger partial charge in [-0.2, -0.15) is 0 Å². The highest BCUT2D eigenvalue weighted by molar-refractivity contribution is 7.80. The Balaban J connectivity index is 1.89. The summed E-state index contributed by atoms with van der Waals surface area (Å²) in [6.07, 6.45) is 7.89. The third-order valence-electron chi connectivity index (χ3n) is 4.36. The Bertz CT molecular complexity index is 389. The molecule has 2 N–H and O–H groups in total. The van der Waals surface area contributed by atoms with Crippen molar-refractivity contribution in [2.45, 2.75) is 57.8 Å². The van der Waals surface area contributed by atoms with Crippen LogP contribution in [0.3, 0.4) is 0 Å². The fourth-order valence-corrected chi connectivity index (χ4v) is 3.42. The van der Waals surface area contributed by atoms with Gasteiger partial charge in [0.05, 0.1) is 10.4 Å². The summed E-state index contributed by atoms with van der Waals surface area (Å²) in [5.41, 5.74) is 5.09. The maximum absolute atomic E-state index is 12.5. The first-order valence-corrected chi connectivity index (χ1v) is 7.59. The van der Waals surface area contributed by atoms with E-state index in [1.165, 1.54) is 11.3 Å². The molecule has 2 aliphatic rings. The molecule has 1 aliphatic heterocycles. The monoisotopic (exact) mass is 282 g/mol. The number of imide groups is 1. The Morgan fingerprint density at radius 3 is 2.53 bits per heavy atom. The van der Waals surface area contributed by atoms with Crippen LogP contribution in [0.1, 0.15) is 57.8 Å². The second kappa shape index (κ2) is 5.99. The van der Waals surface area contributed by atoms with E-state index in [-0.39, 0.29) is 17.2 Å². The van der Waals surface area contributed by atoms with E-state index in [0.29, 0.717) is 24.4 Å². The molecule has 0 bridgehead atoms. The largest absolute Gasteiger partial charge is 0.393 e. The number of likely N-dealkylation sites (tertiary alicyclic amines) is 1. The van der Waals surface area contributed by atoms with Gasteiger partial charge in [0.15, 0.2) is 0 Å². The molecule has 1 saturated carbocycles. The van der Waals surface area contributed by atoms with Crippen LogP contribution < -0.4 is 5.73 Å². The van der Waals surface area contributed by atoms with Gasteiger partial charge in [-0.1, -0.05) is 31.5 Å². The average molecular weight is 282 g/mol. The summed E-state index contributed by atoms with van der Waals surface area (Å²) in [7, 11) is 0. The first kappa shape index (κ1) is 14.4. The molecule has 0 unspecified atom stereocenters. The van der Waals surface area contributed by atoms with Crippen LogP contribution in [-0.4, -0.2) is 28.2 Å². The normalized spacial score (nSPS) is 22.2. The molecule has 1 spiro atoms. The van der Waals surface area contributed by atoms with Gasteiger partial charge in [-0.05, 0) is 32.1 Å². The van der Waals surface area contributed by atoms with E-state index in [2.05, 4.69) is 0 Å². The molecule has 0 aromatic heterocycles. The number of amides is 2. The van der Waals surface area contributed by atoms with E-state index in [1.54, 1.807) is 0 Å². The van der Waals surface area contributed by atoms with Gasteiger partial charge in [0.25, 0.3) is 0 Å². The number of nitrogens with zero attached hydrogens (tertiary/aromatic N) is 1. The molecule has 2 rings (SSSR count). The van der Waals surface area contributed by atoms with Crippen LogP contribution in [0.5, 0.6) is 0 Å². The lowest BCUT2D eigenvalue weighted by atomic mass is 9.73. The summed E-state index contributed by atoms with van der Waals surface area (Å²) >= 11 is 4.82. The van der Waals surface area contributed by atoms with Crippen LogP contribution in [0.2, 0.25) is 0 Å². The van der Waals surface area contributed by atoms with Gasteiger partial charge >= 0.3 is 0 Å². The quantitative estimate of drug-likeness (QED) is 0.477. The third-order valence-corrected chi connectivity index (χ3v) is 4.56. The summed E-state index contributed by atoms with van der Waals surface area (Å²) in [5, 5.41) is 0. The predicted molar refractivity (Wildman–Crippen MR) is 77.5 cm³/mol. The summed E-state index contributed by atoms with van der Waals surface area (Å²) in [6.45, 7) is 0.530. The molecular formula is C14H22N2O2S. The number of carbonyl (C=O) groups excluding carboxylic acids is 2. The molecular weight excluding hydrogens is 260 g/mol. The lowest BCUT2D eigenvalue weighted by molar-refractivity contribution is -0.142. The van der Waals surface area contributed by atoms with Gasteiger partial charge in [0, 0.05) is 13.0 Å². The zero-order chi connectivity index (χ0) is 13.9. The van der Waals surface area contributed by atoms with E-state index in [9.17, 15) is 9.59 Å². The molecule has 1 saturated heterocycles. The highest BCUT2D eigenvalue weighted by Gasteiger charge is 2.50. The summed E-state index contributed by atoms with van der Waals surface area (Å²) in [4.78, 5) is 26.5. The zero-order valence-corrected chi connectivity index (χ0v) is 12.1. The Morgan fingerprint density at radius 1 is 1.21 bits per heavy atom. The van der Waals surface area contributed by atoms with Gasteiger partial charge in [0.2, 0.25) is 11.8 Å². The number of unbranched alkanes of at least 4 members (excludes halogenated alkanes) is 1. The summed E-state index contributed by atoms with van der Waals surface area (Å²) < 4.78 is 0. The van der Waals surface area contributed by atoms with Crippen LogP contribution in [0, 0.1) is 5.41 Å². The Hall–Kier alpha value is -0.970. The number of nitrogens with two attached hydrogens (primary N) is 1. The van der Waals surface area contributed by atoms with Gasteiger partial charge in [-0.15, -0.1) is 0 Å². The van der Waals surface area contributed by atoms with Crippen LogP contribution in [-0.2, 0) is 9.59 Å². The van der Waals surface area contributed by atoms with Crippen LogP contribution in [0.15, 0.2) is 0 Å². The number of carbonyl (C=O) groups is 2. The standard InChI is InChI=1S/C14H22N2O2S/c15-11(19)6-2-5-9-16-12(17)10-14(13(16)18)7-3-1-4-8-14/h1-10H2,(H2,15,19). The molecule has 1 aliphatic carbocycles. The van der Waals surface area contributed by atoms with Crippen molar-refractivity contribution < 1.29 is 9.59 Å². The minimum absolute atomic E-state index is 0.0159. The zero-order valence-electron chi connectivity index (χ0n) is 11.3. The minimum Gasteiger partial charge on any atom is -0.393 e. The van der Waals surface area contributed by atoms with Gasteiger partial charge in [-0.25, -0.2) is 0 Å². The smallest absolute Gasteiger partial charge is 0.235 e. The first-order chi connectivity index (χ1) is 9.05. The molecule has 4 nitrogen and oxygen atoms in total. The predicted octanol–water partition coefficient (Wildman–Crippen LogP) is 2.15. The van der Waals surface area contributed by atoms with Gasteiger partial charge in [0.1, 0.15) is 0 Å². The fraction of sp³-hybridized carbons (Fsp3) is 0.786. The van der Waals surface area contributed by atoms with E-state index in [0.717, 1.165) is 38.5 Å². The van der Waals surface area contributed by atoms with Gasteiger partial charge in [-0.3, -0.25) is 14.5 Å². The minimum atomic E-state index is -0.349. The highest BCUT2D eigenvalue weighted by atomic mass is 32.1. The van der Waals surface area contributed by atoms with Crippen molar-refractivity contribution in [1.29, 1.82) is 0 Å². The number of hydrogen-bond donors (Lipinski definition) is 1. The lowest BCUT2D eigenvalue weighted by Gasteiger charge is -2.30. The Labute approximate surface area is 119 Å². The van der Waals surface area contributed by atoms with Crippen LogP contribution in [0.25, 0.3) is 0 Å². The number of rotatable bonds is 5. The average Bonchev–Trinajstić information content (AvgIpc) is 2.59. The van der Waals surface area contributed by atoms with Crippen molar-refractivity contribution in [3.05, 3.63) is 0 Å². The molecule has 0 aromatic rings. The summed E-state index contributed by atoms with van der Waals surface area (Å²) in [6, 6.07) is 0. The second-order valence-electron chi connectivity index (χ2n) is 5.79. The van der Waals surface area contributed by atoms with Crippen molar-refractivity contribution in [2.24, 2.45) is 11.1 Å². The number of hydrogen-bond acceptors (Lipinski definition) is 3. The third kappa shape index (κ3) is 3.14. The first-order valence-electron chi connectivity index (χ1n) is 7.18. The van der Waals surface area contributed by atoms with E-state index in [1.807, 2.05) is 0 Å². The number of thiocarbonyl (C=S) groups is 1. The Morgan fingerprint density at radius 2 is 1.89 bits per heavy atom. The van der Waals surface area contributed by atoms with Crippen molar-refractivity contribution in [1.82, 2.24) is 4.90 Å². The Kier molecular flexibility index (Phi) is 4.55. The van der Waals surface area contributed by atoms with Crippen molar-refractivity contribution in [2.75, 3.05) is 6.54 Å².